The molecule has 1 N–H and O–H groups in total. The highest BCUT2D eigenvalue weighted by Crippen LogP contribution is 2.45. The molecule has 0 radical (unpaired) electrons. The van der Waals surface area contributed by atoms with Gasteiger partial charge in [0.05, 0.1) is 15.9 Å². The number of imidazole rings is 1. The zero-order valence-corrected chi connectivity index (χ0v) is 14.9. The first-order valence-electron chi connectivity index (χ1n) is 7.84. The Morgan fingerprint density at radius 2 is 1.63 bits per heavy atom. The highest BCUT2D eigenvalue weighted by Gasteiger charge is 2.62. The quantitative estimate of drug-likeness (QED) is 0.434. The molecule has 4 aromatic rings. The Morgan fingerprint density at radius 3 is 2.27 bits per heavy atom. The van der Waals surface area contributed by atoms with Gasteiger partial charge in [0.25, 0.3) is 0 Å². The molecule has 5 nitrogen and oxygen atoms in total. The smallest absolute Gasteiger partial charge is 0.312 e. The monoisotopic (exact) mass is 454 g/mol. The van der Waals surface area contributed by atoms with Crippen LogP contribution in [0.25, 0.3) is 27.1 Å². The second-order valence-corrected chi connectivity index (χ2v) is 7.09. The number of rotatable bonds is 2. The van der Waals surface area contributed by atoms with Gasteiger partial charge >= 0.3 is 23.1 Å². The number of nitrogens with one attached hydrogen (secondary N) is 1. The highest BCUT2D eigenvalue weighted by atomic mass is 32.1. The number of pyridine rings is 1. The maximum absolute atomic E-state index is 14.2. The van der Waals surface area contributed by atoms with Crippen molar-refractivity contribution in [3.8, 4) is 5.69 Å². The van der Waals surface area contributed by atoms with Crippen LogP contribution >= 0.6 is 11.3 Å². The molecule has 0 aliphatic rings. The fourth-order valence-corrected chi connectivity index (χ4v) is 3.54. The molecule has 14 heteroatoms. The number of nitrogens with zero attached hydrogens (tertiary/aromatic N) is 3. The van der Waals surface area contributed by atoms with Crippen LogP contribution in [0.1, 0.15) is 11.5 Å². The molecule has 0 saturated carbocycles. The fraction of sp³-hybridized carbons (Fsp3) is 0.188. The lowest BCUT2D eigenvalue weighted by Crippen LogP contribution is -2.36. The van der Waals surface area contributed by atoms with E-state index in [0.717, 1.165) is 12.1 Å². The van der Waals surface area contributed by atoms with E-state index in [4.69, 9.17) is 0 Å². The van der Waals surface area contributed by atoms with E-state index in [9.17, 15) is 39.9 Å². The number of fused-ring (bicyclic) bond motifs is 2. The van der Waals surface area contributed by atoms with E-state index < -0.39 is 45.8 Å². The third kappa shape index (κ3) is 3.11. The number of halogens is 8. The fourth-order valence-electron chi connectivity index (χ4n) is 2.77. The van der Waals surface area contributed by atoms with Crippen LogP contribution in [-0.4, -0.2) is 25.7 Å². The summed E-state index contributed by atoms with van der Waals surface area (Å²) in [4.78, 5) is 19.8. The van der Waals surface area contributed by atoms with Gasteiger partial charge in [-0.25, -0.2) is 9.97 Å². The molecular weight excluding hydrogens is 448 g/mol. The Kier molecular flexibility index (Phi) is 4.21. The Morgan fingerprint density at radius 1 is 0.933 bits per heavy atom. The number of H-pyrrole nitrogens is 1. The molecule has 0 fully saturated rings. The summed E-state index contributed by atoms with van der Waals surface area (Å²) < 4.78 is 107. The third-order valence-electron chi connectivity index (χ3n) is 4.09. The van der Waals surface area contributed by atoms with E-state index in [1.807, 2.05) is 0 Å². The van der Waals surface area contributed by atoms with Gasteiger partial charge in [-0.2, -0.15) is 35.1 Å². The zero-order chi connectivity index (χ0) is 22.1. The second-order valence-electron chi connectivity index (χ2n) is 6.07. The van der Waals surface area contributed by atoms with E-state index in [1.165, 1.54) is 6.07 Å². The molecule has 0 unspecified atom stereocenters. The van der Waals surface area contributed by atoms with E-state index >= 15 is 0 Å². The van der Waals surface area contributed by atoms with E-state index in [1.54, 1.807) is 0 Å². The maximum Gasteiger partial charge on any atom is 0.461 e. The molecule has 0 aliphatic heterocycles. The molecule has 0 aliphatic carbocycles. The van der Waals surface area contributed by atoms with Crippen LogP contribution in [0.4, 0.5) is 35.1 Å². The zero-order valence-electron chi connectivity index (χ0n) is 14.1. The summed E-state index contributed by atoms with van der Waals surface area (Å²) >= 11 is 0.640. The van der Waals surface area contributed by atoms with Crippen molar-refractivity contribution in [2.75, 3.05) is 0 Å². The number of hydrogen-bond donors (Lipinski definition) is 1. The Hall–Kier alpha value is -3.03. The Bertz CT molecular complexity index is 1330. The van der Waals surface area contributed by atoms with Crippen LogP contribution in [0.5, 0.6) is 0 Å². The first-order valence-corrected chi connectivity index (χ1v) is 8.65. The van der Waals surface area contributed by atoms with Gasteiger partial charge in [0.15, 0.2) is 11.5 Å². The average molecular weight is 454 g/mol. The van der Waals surface area contributed by atoms with Crippen LogP contribution in [-0.2, 0) is 12.1 Å². The number of aromatic amines is 1. The molecule has 158 valence electrons. The van der Waals surface area contributed by atoms with Crippen LogP contribution in [0.15, 0.2) is 35.1 Å². The molecule has 0 bridgehead atoms. The molecule has 0 spiro atoms. The normalized spacial score (nSPS) is 13.5. The maximum atomic E-state index is 14.2. The number of alkyl halides is 8. The molecule has 0 amide bonds. The molecule has 3 aromatic heterocycles. The average Bonchev–Trinajstić information content (AvgIpc) is 3.18. The Labute approximate surface area is 163 Å². The SMILES string of the molecule is O=c1[nH]c2ccc(-n3c(C(F)(F)C(F)(F)F)nc4ccc(C(F)(F)F)nc43)cc2s1. The van der Waals surface area contributed by atoms with Gasteiger partial charge in [-0.3, -0.25) is 9.36 Å². The van der Waals surface area contributed by atoms with Crippen LogP contribution in [0, 0.1) is 0 Å². The first-order chi connectivity index (χ1) is 13.8. The predicted molar refractivity (Wildman–Crippen MR) is 89.8 cm³/mol. The van der Waals surface area contributed by atoms with Crippen molar-refractivity contribution in [2.24, 2.45) is 0 Å². The van der Waals surface area contributed by atoms with Gasteiger partial charge in [-0.15, -0.1) is 0 Å². The molecule has 0 saturated heterocycles. The summed E-state index contributed by atoms with van der Waals surface area (Å²) in [5.41, 5.74) is -3.03. The van der Waals surface area contributed by atoms with Crippen LogP contribution in [0.3, 0.4) is 0 Å². The molecule has 30 heavy (non-hydrogen) atoms. The molecule has 3 heterocycles. The number of hydrogen-bond acceptors (Lipinski definition) is 4. The minimum Gasteiger partial charge on any atom is -0.312 e. The molecule has 4 rings (SSSR count). The summed E-state index contributed by atoms with van der Waals surface area (Å²) in [7, 11) is 0. The van der Waals surface area contributed by atoms with E-state index in [2.05, 4.69) is 15.0 Å². The number of benzene rings is 1. The van der Waals surface area contributed by atoms with Gasteiger partial charge in [0, 0.05) is 0 Å². The van der Waals surface area contributed by atoms with Gasteiger partial charge in [-0.1, -0.05) is 11.3 Å². The highest BCUT2D eigenvalue weighted by molar-refractivity contribution is 7.16. The van der Waals surface area contributed by atoms with E-state index in [0.29, 0.717) is 23.5 Å². The topological polar surface area (TPSA) is 63.6 Å². The lowest BCUT2D eigenvalue weighted by molar-refractivity contribution is -0.292. The van der Waals surface area contributed by atoms with Crippen molar-refractivity contribution < 1.29 is 35.1 Å². The summed E-state index contributed by atoms with van der Waals surface area (Å²) in [6.07, 6.45) is -11.0. The summed E-state index contributed by atoms with van der Waals surface area (Å²) in [6, 6.07) is 4.44. The lowest BCUT2D eigenvalue weighted by atomic mass is 10.2. The third-order valence-corrected chi connectivity index (χ3v) is 4.94. The standard InChI is InChI=1S/C16H6F8N4OS/c17-14(18,16(22,23)24)12-25-8-3-4-10(15(19,20)21)27-11(8)28(12)6-1-2-7-9(5-6)30-13(29)26-7/h1-5H,(H,26,29). The number of aromatic nitrogens is 4. The molecule has 1 aromatic carbocycles. The van der Waals surface area contributed by atoms with Gasteiger partial charge in [0.2, 0.25) is 0 Å². The van der Waals surface area contributed by atoms with Crippen molar-refractivity contribution >= 4 is 32.7 Å². The predicted octanol–water partition coefficient (Wildman–Crippen LogP) is 5.00. The summed E-state index contributed by atoms with van der Waals surface area (Å²) in [5.74, 6) is -7.34. The largest absolute Gasteiger partial charge is 0.461 e. The van der Waals surface area contributed by atoms with Crippen molar-refractivity contribution in [1.29, 1.82) is 0 Å². The molecular formula is C16H6F8N4OS. The van der Waals surface area contributed by atoms with Crippen molar-refractivity contribution in [1.82, 2.24) is 19.5 Å². The number of thiazole rings is 1. The summed E-state index contributed by atoms with van der Waals surface area (Å²) in [6.45, 7) is 0. The van der Waals surface area contributed by atoms with Crippen molar-refractivity contribution in [3.05, 3.63) is 51.5 Å². The van der Waals surface area contributed by atoms with Crippen LogP contribution < -0.4 is 4.87 Å². The minimum atomic E-state index is -6.07. The second kappa shape index (κ2) is 6.23. The minimum absolute atomic E-state index is 0.188. The van der Waals surface area contributed by atoms with Crippen molar-refractivity contribution in [3.63, 3.8) is 0 Å². The van der Waals surface area contributed by atoms with Gasteiger partial charge < -0.3 is 4.98 Å². The van der Waals surface area contributed by atoms with Crippen LogP contribution in [0.2, 0.25) is 0 Å². The molecule has 0 atom stereocenters. The van der Waals surface area contributed by atoms with Gasteiger partial charge in [-0.05, 0) is 30.3 Å². The Balaban J connectivity index is 2.09. The first kappa shape index (κ1) is 20.3. The van der Waals surface area contributed by atoms with Crippen molar-refractivity contribution in [2.45, 2.75) is 18.3 Å². The van der Waals surface area contributed by atoms with E-state index in [-0.39, 0.29) is 20.5 Å². The van der Waals surface area contributed by atoms with Gasteiger partial charge in [0.1, 0.15) is 11.2 Å². The summed E-state index contributed by atoms with van der Waals surface area (Å²) in [5, 5.41) is 0. The lowest BCUT2D eigenvalue weighted by Gasteiger charge is -2.20.